The Bertz CT molecular complexity index is 563. The standard InChI is InChI=1S/C12H12N2O2S/c1-8-4-3-5-9(11(15)16)10(8)17-12-13-6-7-14(12)2/h3-7H,1-2H3,(H,15,16). The van der Waals surface area contributed by atoms with Gasteiger partial charge in [-0.1, -0.05) is 23.9 Å². The molecule has 0 aliphatic heterocycles. The molecule has 1 heterocycles. The highest BCUT2D eigenvalue weighted by Crippen LogP contribution is 2.31. The number of nitrogens with zero attached hydrogens (tertiary/aromatic N) is 2. The van der Waals surface area contributed by atoms with Gasteiger partial charge in [-0.05, 0) is 18.6 Å². The van der Waals surface area contributed by atoms with Gasteiger partial charge in [0.15, 0.2) is 5.16 Å². The maximum atomic E-state index is 11.1. The van der Waals surface area contributed by atoms with Gasteiger partial charge in [0.1, 0.15) is 0 Å². The lowest BCUT2D eigenvalue weighted by Crippen LogP contribution is -2.01. The van der Waals surface area contributed by atoms with Crippen molar-refractivity contribution in [3.63, 3.8) is 0 Å². The molecule has 2 rings (SSSR count). The van der Waals surface area contributed by atoms with Gasteiger partial charge in [0.25, 0.3) is 0 Å². The fourth-order valence-corrected chi connectivity index (χ4v) is 2.49. The van der Waals surface area contributed by atoms with Crippen LogP contribution in [-0.2, 0) is 7.05 Å². The minimum atomic E-state index is -0.912. The van der Waals surface area contributed by atoms with Crippen LogP contribution in [0.15, 0.2) is 40.6 Å². The Kier molecular flexibility index (Phi) is 3.19. The normalized spacial score (nSPS) is 10.5. The van der Waals surface area contributed by atoms with Crippen LogP contribution in [-0.4, -0.2) is 20.6 Å². The third-order valence-electron chi connectivity index (χ3n) is 2.41. The number of rotatable bonds is 3. The largest absolute Gasteiger partial charge is 0.478 e. The first-order chi connectivity index (χ1) is 8.09. The number of aromatic carboxylic acids is 1. The van der Waals surface area contributed by atoms with Crippen molar-refractivity contribution in [3.8, 4) is 0 Å². The zero-order chi connectivity index (χ0) is 12.4. The predicted octanol–water partition coefficient (Wildman–Crippen LogP) is 2.58. The number of benzene rings is 1. The summed E-state index contributed by atoms with van der Waals surface area (Å²) in [7, 11) is 1.88. The lowest BCUT2D eigenvalue weighted by molar-refractivity contribution is 0.0693. The first-order valence-corrected chi connectivity index (χ1v) is 5.89. The smallest absolute Gasteiger partial charge is 0.336 e. The number of carboxylic acid groups (broad SMARTS) is 1. The van der Waals surface area contributed by atoms with E-state index < -0.39 is 5.97 Å². The van der Waals surface area contributed by atoms with Crippen LogP contribution in [0.1, 0.15) is 15.9 Å². The molecular weight excluding hydrogens is 236 g/mol. The minimum Gasteiger partial charge on any atom is -0.478 e. The quantitative estimate of drug-likeness (QED) is 0.907. The lowest BCUT2D eigenvalue weighted by Gasteiger charge is -2.08. The van der Waals surface area contributed by atoms with Crippen molar-refractivity contribution in [1.82, 2.24) is 9.55 Å². The number of hydrogen-bond acceptors (Lipinski definition) is 3. The second-order valence-corrected chi connectivity index (χ2v) is 4.66. The number of aromatic nitrogens is 2. The van der Waals surface area contributed by atoms with E-state index in [-0.39, 0.29) is 0 Å². The molecule has 0 saturated heterocycles. The fourth-order valence-electron chi connectivity index (χ4n) is 1.50. The van der Waals surface area contributed by atoms with Gasteiger partial charge in [0.05, 0.1) is 5.56 Å². The molecule has 88 valence electrons. The average molecular weight is 248 g/mol. The number of carboxylic acids is 1. The highest BCUT2D eigenvalue weighted by atomic mass is 32.2. The van der Waals surface area contributed by atoms with Crippen LogP contribution in [0.2, 0.25) is 0 Å². The summed E-state index contributed by atoms with van der Waals surface area (Å²) in [5, 5.41) is 9.93. The summed E-state index contributed by atoms with van der Waals surface area (Å²) >= 11 is 1.37. The van der Waals surface area contributed by atoms with Crippen LogP contribution in [0.3, 0.4) is 0 Å². The van der Waals surface area contributed by atoms with Gasteiger partial charge in [-0.25, -0.2) is 9.78 Å². The Labute approximate surface area is 103 Å². The van der Waals surface area contributed by atoms with Crippen molar-refractivity contribution in [3.05, 3.63) is 41.7 Å². The van der Waals surface area contributed by atoms with E-state index in [4.69, 9.17) is 5.11 Å². The van der Waals surface area contributed by atoms with Crippen molar-refractivity contribution in [1.29, 1.82) is 0 Å². The van der Waals surface area contributed by atoms with Gasteiger partial charge >= 0.3 is 5.97 Å². The molecule has 0 aliphatic carbocycles. The molecule has 1 aromatic carbocycles. The van der Waals surface area contributed by atoms with E-state index in [0.717, 1.165) is 15.6 Å². The summed E-state index contributed by atoms with van der Waals surface area (Å²) in [5.74, 6) is -0.912. The Balaban J connectivity index is 2.45. The van der Waals surface area contributed by atoms with Crippen LogP contribution >= 0.6 is 11.8 Å². The first-order valence-electron chi connectivity index (χ1n) is 5.07. The summed E-state index contributed by atoms with van der Waals surface area (Å²) in [6.45, 7) is 1.90. The topological polar surface area (TPSA) is 55.1 Å². The van der Waals surface area contributed by atoms with Gasteiger partial charge in [-0.2, -0.15) is 0 Å². The average Bonchev–Trinajstić information content (AvgIpc) is 2.67. The molecule has 0 unspecified atom stereocenters. The summed E-state index contributed by atoms with van der Waals surface area (Å²) < 4.78 is 1.86. The molecule has 0 aliphatic rings. The van der Waals surface area contributed by atoms with Gasteiger partial charge in [-0.15, -0.1) is 0 Å². The van der Waals surface area contributed by atoms with Gasteiger partial charge < -0.3 is 9.67 Å². The highest BCUT2D eigenvalue weighted by Gasteiger charge is 2.14. The maximum absolute atomic E-state index is 11.1. The van der Waals surface area contributed by atoms with Crippen LogP contribution in [0.5, 0.6) is 0 Å². The second-order valence-electron chi connectivity index (χ2n) is 3.68. The number of aryl methyl sites for hydroxylation is 2. The summed E-state index contributed by atoms with van der Waals surface area (Å²) in [6, 6.07) is 5.26. The fraction of sp³-hybridized carbons (Fsp3) is 0.167. The Morgan fingerprint density at radius 1 is 1.47 bits per heavy atom. The molecule has 0 amide bonds. The summed E-state index contributed by atoms with van der Waals surface area (Å²) in [6.07, 6.45) is 3.53. The van der Waals surface area contributed by atoms with Gasteiger partial charge in [-0.3, -0.25) is 0 Å². The zero-order valence-electron chi connectivity index (χ0n) is 9.54. The van der Waals surface area contributed by atoms with E-state index in [0.29, 0.717) is 5.56 Å². The second kappa shape index (κ2) is 4.63. The Hall–Kier alpha value is -1.75. The van der Waals surface area contributed by atoms with Crippen molar-refractivity contribution in [2.75, 3.05) is 0 Å². The van der Waals surface area contributed by atoms with E-state index >= 15 is 0 Å². The van der Waals surface area contributed by atoms with Crippen molar-refractivity contribution in [2.45, 2.75) is 17.0 Å². The zero-order valence-corrected chi connectivity index (χ0v) is 10.4. The third kappa shape index (κ3) is 2.34. The molecule has 5 heteroatoms. The maximum Gasteiger partial charge on any atom is 0.336 e. The molecule has 17 heavy (non-hydrogen) atoms. The summed E-state index contributed by atoms with van der Waals surface area (Å²) in [4.78, 5) is 16.1. The first kappa shape index (κ1) is 11.7. The van der Waals surface area contributed by atoms with Crippen molar-refractivity contribution < 1.29 is 9.90 Å². The molecule has 0 radical (unpaired) electrons. The number of carbonyl (C=O) groups is 1. The van der Waals surface area contributed by atoms with Gasteiger partial charge in [0, 0.05) is 24.3 Å². The monoisotopic (exact) mass is 248 g/mol. The molecule has 1 aromatic heterocycles. The number of imidazole rings is 1. The van der Waals surface area contributed by atoms with Crippen LogP contribution in [0.4, 0.5) is 0 Å². The SMILES string of the molecule is Cc1cccc(C(=O)O)c1Sc1nccn1C. The van der Waals surface area contributed by atoms with E-state index in [9.17, 15) is 4.79 Å². The lowest BCUT2D eigenvalue weighted by atomic mass is 10.1. The minimum absolute atomic E-state index is 0.318. The predicted molar refractivity (Wildman–Crippen MR) is 65.5 cm³/mol. The summed E-state index contributed by atoms with van der Waals surface area (Å²) in [5.41, 5.74) is 1.26. The van der Waals surface area contributed by atoms with E-state index in [1.807, 2.05) is 30.8 Å². The van der Waals surface area contributed by atoms with E-state index in [1.165, 1.54) is 11.8 Å². The number of hydrogen-bond donors (Lipinski definition) is 1. The molecule has 4 nitrogen and oxygen atoms in total. The molecular formula is C12H12N2O2S. The molecule has 0 bridgehead atoms. The van der Waals surface area contributed by atoms with E-state index in [2.05, 4.69) is 4.98 Å². The van der Waals surface area contributed by atoms with Gasteiger partial charge in [0.2, 0.25) is 0 Å². The van der Waals surface area contributed by atoms with Crippen LogP contribution in [0, 0.1) is 6.92 Å². The molecule has 0 atom stereocenters. The Morgan fingerprint density at radius 3 is 2.82 bits per heavy atom. The third-order valence-corrected chi connectivity index (χ3v) is 3.73. The van der Waals surface area contributed by atoms with Crippen molar-refractivity contribution in [2.24, 2.45) is 7.05 Å². The molecule has 0 fully saturated rings. The van der Waals surface area contributed by atoms with Crippen LogP contribution < -0.4 is 0 Å². The van der Waals surface area contributed by atoms with Crippen molar-refractivity contribution >= 4 is 17.7 Å². The highest BCUT2D eigenvalue weighted by molar-refractivity contribution is 7.99. The molecule has 1 N–H and O–H groups in total. The molecule has 2 aromatic rings. The Morgan fingerprint density at radius 2 is 2.24 bits per heavy atom. The molecule has 0 saturated carbocycles. The molecule has 0 spiro atoms. The van der Waals surface area contributed by atoms with E-state index in [1.54, 1.807) is 18.3 Å². The van der Waals surface area contributed by atoms with Crippen LogP contribution in [0.25, 0.3) is 0 Å².